The van der Waals surface area contributed by atoms with Gasteiger partial charge in [-0.3, -0.25) is 4.79 Å². The zero-order valence-corrected chi connectivity index (χ0v) is 9.11. The predicted octanol–water partition coefficient (Wildman–Crippen LogP) is 1.48. The van der Waals surface area contributed by atoms with Crippen LogP contribution in [0.15, 0.2) is 18.2 Å². The van der Waals surface area contributed by atoms with Crippen molar-refractivity contribution in [2.75, 3.05) is 18.1 Å². The molecular formula is C12H14FNO2. The third-order valence-corrected chi connectivity index (χ3v) is 2.86. The van der Waals surface area contributed by atoms with Gasteiger partial charge in [-0.1, -0.05) is 6.07 Å². The SMILES string of the molecule is Cc1ccc(N2CC(CO)CC2=O)c(F)c1. The molecule has 3 nitrogen and oxygen atoms in total. The molecule has 0 aliphatic carbocycles. The molecule has 1 aliphatic heterocycles. The minimum absolute atomic E-state index is 0.0320. The molecule has 1 saturated heterocycles. The van der Waals surface area contributed by atoms with E-state index < -0.39 is 0 Å². The van der Waals surface area contributed by atoms with Gasteiger partial charge >= 0.3 is 0 Å². The van der Waals surface area contributed by atoms with Crippen LogP contribution in [0.2, 0.25) is 0 Å². The topological polar surface area (TPSA) is 40.5 Å². The Balaban J connectivity index is 2.28. The third kappa shape index (κ3) is 1.93. The highest BCUT2D eigenvalue weighted by Gasteiger charge is 2.31. The Hall–Kier alpha value is -1.42. The average molecular weight is 223 g/mol. The van der Waals surface area contributed by atoms with E-state index in [2.05, 4.69) is 0 Å². The van der Waals surface area contributed by atoms with Gasteiger partial charge in [0.25, 0.3) is 0 Å². The van der Waals surface area contributed by atoms with Crippen molar-refractivity contribution in [3.05, 3.63) is 29.6 Å². The summed E-state index contributed by atoms with van der Waals surface area (Å²) in [5.74, 6) is -0.582. The number of carbonyl (C=O) groups excluding carboxylic acids is 1. The number of benzene rings is 1. The van der Waals surface area contributed by atoms with Crippen molar-refractivity contribution >= 4 is 11.6 Å². The first-order chi connectivity index (χ1) is 7.61. The normalized spacial score (nSPS) is 20.6. The molecule has 0 bridgehead atoms. The zero-order valence-electron chi connectivity index (χ0n) is 9.11. The van der Waals surface area contributed by atoms with Gasteiger partial charge in [0.2, 0.25) is 5.91 Å². The van der Waals surface area contributed by atoms with Gasteiger partial charge < -0.3 is 10.0 Å². The second-order valence-electron chi connectivity index (χ2n) is 4.21. The maximum atomic E-state index is 13.7. The van der Waals surface area contributed by atoms with Crippen molar-refractivity contribution in [2.45, 2.75) is 13.3 Å². The van der Waals surface area contributed by atoms with E-state index in [1.165, 1.54) is 11.0 Å². The van der Waals surface area contributed by atoms with E-state index >= 15 is 0 Å². The van der Waals surface area contributed by atoms with E-state index in [0.717, 1.165) is 5.56 Å². The molecular weight excluding hydrogens is 209 g/mol. The third-order valence-electron chi connectivity index (χ3n) is 2.86. The molecule has 0 saturated carbocycles. The standard InChI is InChI=1S/C12H14FNO2/c1-8-2-3-11(10(13)4-8)14-6-9(7-15)5-12(14)16/h2-4,9,15H,5-7H2,1H3. The molecule has 1 unspecified atom stereocenters. The van der Waals surface area contributed by atoms with Crippen molar-refractivity contribution in [3.8, 4) is 0 Å². The quantitative estimate of drug-likeness (QED) is 0.825. The number of halogens is 1. The maximum Gasteiger partial charge on any atom is 0.227 e. The Bertz CT molecular complexity index is 419. The van der Waals surface area contributed by atoms with Gasteiger partial charge in [-0.15, -0.1) is 0 Å². The molecule has 86 valence electrons. The smallest absolute Gasteiger partial charge is 0.227 e. The van der Waals surface area contributed by atoms with E-state index in [9.17, 15) is 9.18 Å². The summed E-state index contributed by atoms with van der Waals surface area (Å²) in [7, 11) is 0. The Morgan fingerprint density at radius 1 is 1.56 bits per heavy atom. The second kappa shape index (κ2) is 4.22. The van der Waals surface area contributed by atoms with Gasteiger partial charge in [0, 0.05) is 25.5 Å². The molecule has 1 aromatic carbocycles. The van der Waals surface area contributed by atoms with Crippen LogP contribution in [-0.2, 0) is 4.79 Å². The van der Waals surface area contributed by atoms with Crippen LogP contribution in [0.4, 0.5) is 10.1 Å². The summed E-state index contributed by atoms with van der Waals surface area (Å²) in [4.78, 5) is 13.0. The maximum absolute atomic E-state index is 13.7. The highest BCUT2D eigenvalue weighted by atomic mass is 19.1. The monoisotopic (exact) mass is 223 g/mol. The summed E-state index contributed by atoms with van der Waals surface area (Å²) >= 11 is 0. The molecule has 1 aromatic rings. The minimum atomic E-state index is -0.382. The molecule has 2 rings (SSSR count). The van der Waals surface area contributed by atoms with Crippen molar-refractivity contribution in [3.63, 3.8) is 0 Å². The first kappa shape index (κ1) is 11.1. The molecule has 1 N–H and O–H groups in total. The van der Waals surface area contributed by atoms with Gasteiger partial charge in [0.1, 0.15) is 5.82 Å². The fourth-order valence-electron chi connectivity index (χ4n) is 1.97. The Morgan fingerprint density at radius 3 is 2.88 bits per heavy atom. The number of hydrogen-bond donors (Lipinski definition) is 1. The van der Waals surface area contributed by atoms with E-state index in [0.29, 0.717) is 18.7 Å². The first-order valence-corrected chi connectivity index (χ1v) is 5.29. The number of carbonyl (C=O) groups is 1. The molecule has 0 radical (unpaired) electrons. The minimum Gasteiger partial charge on any atom is -0.396 e. The van der Waals surface area contributed by atoms with Crippen molar-refractivity contribution in [1.82, 2.24) is 0 Å². The zero-order chi connectivity index (χ0) is 11.7. The number of aryl methyl sites for hydroxylation is 1. The lowest BCUT2D eigenvalue weighted by Gasteiger charge is -2.17. The van der Waals surface area contributed by atoms with Gasteiger partial charge in [0.05, 0.1) is 5.69 Å². The molecule has 1 heterocycles. The van der Waals surface area contributed by atoms with E-state index in [1.807, 2.05) is 0 Å². The van der Waals surface area contributed by atoms with Crippen molar-refractivity contribution in [1.29, 1.82) is 0 Å². The molecule has 0 spiro atoms. The second-order valence-corrected chi connectivity index (χ2v) is 4.21. The molecule has 0 aromatic heterocycles. The summed E-state index contributed by atoms with van der Waals surface area (Å²) in [5, 5.41) is 8.99. The van der Waals surface area contributed by atoms with Gasteiger partial charge in [-0.05, 0) is 24.6 Å². The highest BCUT2D eigenvalue weighted by Crippen LogP contribution is 2.27. The molecule has 4 heteroatoms. The van der Waals surface area contributed by atoms with E-state index in [-0.39, 0.29) is 24.2 Å². The van der Waals surface area contributed by atoms with Crippen LogP contribution >= 0.6 is 0 Å². The van der Waals surface area contributed by atoms with Crippen LogP contribution in [0.5, 0.6) is 0 Å². The number of aliphatic hydroxyl groups excluding tert-OH is 1. The number of amides is 1. The Morgan fingerprint density at radius 2 is 2.31 bits per heavy atom. The lowest BCUT2D eigenvalue weighted by molar-refractivity contribution is -0.117. The number of nitrogens with zero attached hydrogens (tertiary/aromatic N) is 1. The largest absolute Gasteiger partial charge is 0.396 e. The van der Waals surface area contributed by atoms with Crippen molar-refractivity contribution < 1.29 is 14.3 Å². The fraction of sp³-hybridized carbons (Fsp3) is 0.417. The summed E-state index contributed by atoms with van der Waals surface area (Å²) in [6, 6.07) is 4.80. The molecule has 1 aliphatic rings. The number of rotatable bonds is 2. The number of aliphatic hydroxyl groups is 1. The van der Waals surface area contributed by atoms with Gasteiger partial charge in [0.15, 0.2) is 0 Å². The van der Waals surface area contributed by atoms with Crippen LogP contribution in [0.25, 0.3) is 0 Å². The molecule has 1 amide bonds. The molecule has 1 atom stereocenters. The van der Waals surface area contributed by atoms with Crippen molar-refractivity contribution in [2.24, 2.45) is 5.92 Å². The van der Waals surface area contributed by atoms with E-state index in [4.69, 9.17) is 5.11 Å². The van der Waals surface area contributed by atoms with Crippen LogP contribution in [0.3, 0.4) is 0 Å². The van der Waals surface area contributed by atoms with Crippen LogP contribution in [0, 0.1) is 18.7 Å². The molecule has 1 fully saturated rings. The van der Waals surface area contributed by atoms with E-state index in [1.54, 1.807) is 19.1 Å². The predicted molar refractivity (Wildman–Crippen MR) is 58.7 cm³/mol. The lowest BCUT2D eigenvalue weighted by Crippen LogP contribution is -2.25. The fourth-order valence-corrected chi connectivity index (χ4v) is 1.97. The van der Waals surface area contributed by atoms with Gasteiger partial charge in [-0.2, -0.15) is 0 Å². The summed E-state index contributed by atoms with van der Waals surface area (Å²) in [6.45, 7) is 2.17. The van der Waals surface area contributed by atoms with Crippen LogP contribution in [-0.4, -0.2) is 24.2 Å². The summed E-state index contributed by atoms with van der Waals surface area (Å²) in [6.07, 6.45) is 0.295. The highest BCUT2D eigenvalue weighted by molar-refractivity contribution is 5.95. The lowest BCUT2D eigenvalue weighted by atomic mass is 10.1. The first-order valence-electron chi connectivity index (χ1n) is 5.29. The summed E-state index contributed by atoms with van der Waals surface area (Å²) in [5.41, 5.74) is 1.14. The number of hydrogen-bond acceptors (Lipinski definition) is 2. The van der Waals surface area contributed by atoms with Crippen LogP contribution < -0.4 is 4.90 Å². The van der Waals surface area contributed by atoms with Gasteiger partial charge in [-0.25, -0.2) is 4.39 Å². The Labute approximate surface area is 93.5 Å². The number of anilines is 1. The summed E-state index contributed by atoms with van der Waals surface area (Å²) < 4.78 is 13.7. The average Bonchev–Trinajstić information content (AvgIpc) is 2.60. The molecule has 16 heavy (non-hydrogen) atoms. The Kier molecular flexibility index (Phi) is 2.92. The van der Waals surface area contributed by atoms with Crippen LogP contribution in [0.1, 0.15) is 12.0 Å².